The molecule has 3 unspecified atom stereocenters. The fourth-order valence-electron chi connectivity index (χ4n) is 3.80. The van der Waals surface area contributed by atoms with E-state index in [1.165, 1.54) is 50.8 Å². The van der Waals surface area contributed by atoms with Gasteiger partial charge in [0.15, 0.2) is 0 Å². The Morgan fingerprint density at radius 3 is 2.85 bits per heavy atom. The Morgan fingerprint density at radius 2 is 2.15 bits per heavy atom. The molecule has 112 valence electrons. The van der Waals surface area contributed by atoms with Gasteiger partial charge >= 0.3 is 0 Å². The summed E-state index contributed by atoms with van der Waals surface area (Å²) in [5, 5.41) is 11.9. The van der Waals surface area contributed by atoms with Crippen LogP contribution in [0.4, 0.5) is 5.69 Å². The number of rotatable bonds is 4. The molecule has 0 radical (unpaired) electrons. The van der Waals surface area contributed by atoms with Crippen LogP contribution in [0.2, 0.25) is 0 Å². The van der Waals surface area contributed by atoms with Crippen molar-refractivity contribution in [1.82, 2.24) is 15.1 Å². The molecule has 3 rings (SSSR count). The van der Waals surface area contributed by atoms with E-state index >= 15 is 0 Å². The van der Waals surface area contributed by atoms with Gasteiger partial charge in [-0.2, -0.15) is 5.10 Å². The summed E-state index contributed by atoms with van der Waals surface area (Å²) in [6.07, 6.45) is 12.3. The van der Waals surface area contributed by atoms with Gasteiger partial charge in [-0.05, 0) is 52.0 Å². The molecule has 0 spiro atoms. The van der Waals surface area contributed by atoms with Gasteiger partial charge in [0.05, 0.1) is 11.9 Å². The molecule has 4 heteroatoms. The first-order chi connectivity index (χ1) is 9.74. The molecular formula is C16H28N4. The van der Waals surface area contributed by atoms with Crippen molar-refractivity contribution in [1.29, 1.82) is 0 Å². The van der Waals surface area contributed by atoms with Crippen LogP contribution in [0.5, 0.6) is 0 Å². The molecule has 1 saturated carbocycles. The smallest absolute Gasteiger partial charge is 0.0728 e. The second kappa shape index (κ2) is 6.17. The molecule has 2 heterocycles. The highest BCUT2D eigenvalue weighted by Crippen LogP contribution is 2.33. The molecule has 1 aromatic heterocycles. The zero-order chi connectivity index (χ0) is 13.9. The van der Waals surface area contributed by atoms with Crippen LogP contribution >= 0.6 is 0 Å². The molecule has 0 aromatic carbocycles. The maximum absolute atomic E-state index is 4.43. The van der Waals surface area contributed by atoms with Gasteiger partial charge in [-0.25, -0.2) is 0 Å². The summed E-state index contributed by atoms with van der Waals surface area (Å²) in [7, 11) is 0. The lowest BCUT2D eigenvalue weighted by atomic mass is 9.88. The van der Waals surface area contributed by atoms with Crippen LogP contribution in [0.1, 0.15) is 58.4 Å². The van der Waals surface area contributed by atoms with Gasteiger partial charge in [-0.15, -0.1) is 0 Å². The third-order valence-electron chi connectivity index (χ3n) is 4.92. The van der Waals surface area contributed by atoms with Gasteiger partial charge < -0.3 is 10.6 Å². The van der Waals surface area contributed by atoms with E-state index in [4.69, 9.17) is 0 Å². The minimum atomic E-state index is 0.435. The van der Waals surface area contributed by atoms with E-state index in [-0.39, 0.29) is 0 Å². The minimum Gasteiger partial charge on any atom is -0.379 e. The van der Waals surface area contributed by atoms with Crippen LogP contribution in [0.25, 0.3) is 0 Å². The molecule has 1 aliphatic carbocycles. The molecule has 4 nitrogen and oxygen atoms in total. The van der Waals surface area contributed by atoms with Crippen LogP contribution in [0.15, 0.2) is 12.4 Å². The first kappa shape index (κ1) is 13.9. The number of nitrogens with zero attached hydrogens (tertiary/aromatic N) is 2. The Kier molecular flexibility index (Phi) is 4.29. The van der Waals surface area contributed by atoms with Gasteiger partial charge in [0.2, 0.25) is 0 Å². The average molecular weight is 276 g/mol. The molecule has 2 aliphatic rings. The summed E-state index contributed by atoms with van der Waals surface area (Å²) in [5.41, 5.74) is 1.19. The van der Waals surface area contributed by atoms with Crippen LogP contribution < -0.4 is 10.6 Å². The lowest BCUT2D eigenvalue weighted by Gasteiger charge is -2.33. The van der Waals surface area contributed by atoms with Crippen molar-refractivity contribution in [2.75, 3.05) is 11.9 Å². The molecule has 3 atom stereocenters. The molecule has 2 fully saturated rings. The highest BCUT2D eigenvalue weighted by atomic mass is 15.3. The maximum atomic E-state index is 4.43. The second-order valence-corrected chi connectivity index (χ2v) is 6.70. The van der Waals surface area contributed by atoms with Crippen LogP contribution in [-0.4, -0.2) is 28.4 Å². The number of anilines is 1. The molecule has 0 bridgehead atoms. The summed E-state index contributed by atoms with van der Waals surface area (Å²) in [5.74, 6) is 0.790. The van der Waals surface area contributed by atoms with Crippen molar-refractivity contribution in [2.24, 2.45) is 5.92 Å². The van der Waals surface area contributed by atoms with E-state index in [0.717, 1.165) is 12.0 Å². The van der Waals surface area contributed by atoms with E-state index in [1.54, 1.807) is 0 Å². The quantitative estimate of drug-likeness (QED) is 0.887. The van der Waals surface area contributed by atoms with E-state index in [9.17, 15) is 0 Å². The predicted molar refractivity (Wildman–Crippen MR) is 83.0 cm³/mol. The Hall–Kier alpha value is -1.03. The SMILES string of the molecule is CC(C)n1cc(NC2CCCC2C2CCCCN2)cn1. The standard InChI is InChI=1S/C16H28N4/c1-12(2)20-11-13(10-18-20)19-16-8-5-6-14(16)15-7-3-4-9-17-15/h10-12,14-17,19H,3-9H2,1-2H3. The third-order valence-corrected chi connectivity index (χ3v) is 4.92. The number of nitrogens with one attached hydrogen (secondary N) is 2. The molecule has 1 aliphatic heterocycles. The van der Waals surface area contributed by atoms with Crippen LogP contribution in [-0.2, 0) is 0 Å². The summed E-state index contributed by atoms with van der Waals surface area (Å²) in [6, 6.07) is 1.78. The van der Waals surface area contributed by atoms with E-state index in [1.807, 2.05) is 10.9 Å². The fourth-order valence-corrected chi connectivity index (χ4v) is 3.80. The van der Waals surface area contributed by atoms with Gasteiger partial charge in [0.1, 0.15) is 0 Å². The van der Waals surface area contributed by atoms with Crippen molar-refractivity contribution < 1.29 is 0 Å². The maximum Gasteiger partial charge on any atom is 0.0728 e. The van der Waals surface area contributed by atoms with Crippen molar-refractivity contribution >= 4 is 5.69 Å². The topological polar surface area (TPSA) is 41.9 Å². The Balaban J connectivity index is 1.62. The first-order valence-corrected chi connectivity index (χ1v) is 8.28. The molecular weight excluding hydrogens is 248 g/mol. The second-order valence-electron chi connectivity index (χ2n) is 6.70. The fraction of sp³-hybridized carbons (Fsp3) is 0.812. The van der Waals surface area contributed by atoms with Crippen molar-refractivity contribution in [3.05, 3.63) is 12.4 Å². The molecule has 0 amide bonds. The summed E-state index contributed by atoms with van der Waals surface area (Å²) >= 11 is 0. The minimum absolute atomic E-state index is 0.435. The average Bonchev–Trinajstić information content (AvgIpc) is 3.09. The van der Waals surface area contributed by atoms with Gasteiger partial charge in [0.25, 0.3) is 0 Å². The zero-order valence-electron chi connectivity index (χ0n) is 12.8. The van der Waals surface area contributed by atoms with E-state index < -0.39 is 0 Å². The van der Waals surface area contributed by atoms with Gasteiger partial charge in [-0.3, -0.25) is 4.68 Å². The molecule has 1 aromatic rings. The third kappa shape index (κ3) is 3.00. The lowest BCUT2D eigenvalue weighted by Crippen LogP contribution is -2.44. The Bertz CT molecular complexity index is 420. The van der Waals surface area contributed by atoms with E-state index in [0.29, 0.717) is 12.1 Å². The monoisotopic (exact) mass is 276 g/mol. The van der Waals surface area contributed by atoms with Gasteiger partial charge in [0, 0.05) is 24.3 Å². The lowest BCUT2D eigenvalue weighted by molar-refractivity contribution is 0.286. The van der Waals surface area contributed by atoms with E-state index in [2.05, 4.69) is 35.8 Å². The molecule has 2 N–H and O–H groups in total. The molecule has 1 saturated heterocycles. The number of hydrogen-bond donors (Lipinski definition) is 2. The number of aromatic nitrogens is 2. The normalized spacial score (nSPS) is 30.9. The zero-order valence-corrected chi connectivity index (χ0v) is 12.8. The summed E-state index contributed by atoms with van der Waals surface area (Å²) in [4.78, 5) is 0. The predicted octanol–water partition coefficient (Wildman–Crippen LogP) is 3.19. The van der Waals surface area contributed by atoms with Crippen LogP contribution in [0.3, 0.4) is 0 Å². The number of hydrogen-bond acceptors (Lipinski definition) is 3. The first-order valence-electron chi connectivity index (χ1n) is 8.28. The highest BCUT2D eigenvalue weighted by molar-refractivity contribution is 5.40. The summed E-state index contributed by atoms with van der Waals surface area (Å²) < 4.78 is 2.03. The Morgan fingerprint density at radius 1 is 1.25 bits per heavy atom. The highest BCUT2D eigenvalue weighted by Gasteiger charge is 2.34. The molecule has 20 heavy (non-hydrogen) atoms. The van der Waals surface area contributed by atoms with Crippen molar-refractivity contribution in [2.45, 2.75) is 70.5 Å². The summed E-state index contributed by atoms with van der Waals surface area (Å²) in [6.45, 7) is 5.54. The largest absolute Gasteiger partial charge is 0.379 e. The van der Waals surface area contributed by atoms with Gasteiger partial charge in [-0.1, -0.05) is 12.8 Å². The van der Waals surface area contributed by atoms with Crippen molar-refractivity contribution in [3.63, 3.8) is 0 Å². The van der Waals surface area contributed by atoms with Crippen molar-refractivity contribution in [3.8, 4) is 0 Å². The number of piperidine rings is 1. The Labute approximate surface area is 122 Å². The van der Waals surface area contributed by atoms with Crippen LogP contribution in [0, 0.1) is 5.92 Å².